The van der Waals surface area contributed by atoms with Gasteiger partial charge in [-0.25, -0.2) is 0 Å². The molecule has 130 valence electrons. The van der Waals surface area contributed by atoms with Gasteiger partial charge in [-0.05, 0) is 47.0 Å². The number of carbonyl (C=O) groups is 1. The van der Waals surface area contributed by atoms with E-state index in [1.807, 2.05) is 78.4 Å². The van der Waals surface area contributed by atoms with E-state index in [0.29, 0.717) is 5.82 Å². The molecule has 0 aliphatic carbocycles. The van der Waals surface area contributed by atoms with Crippen LogP contribution in [-0.4, -0.2) is 30.7 Å². The first-order valence-electron chi connectivity index (χ1n) is 8.39. The molecule has 0 spiro atoms. The van der Waals surface area contributed by atoms with Crippen molar-refractivity contribution in [3.63, 3.8) is 0 Å². The van der Waals surface area contributed by atoms with Gasteiger partial charge in [0, 0.05) is 11.7 Å². The minimum absolute atomic E-state index is 0.0959. The van der Waals surface area contributed by atoms with E-state index in [-0.39, 0.29) is 18.5 Å². The topological polar surface area (TPSA) is 77.6 Å². The number of aromatic nitrogens is 5. The molecule has 1 N–H and O–H groups in total. The highest BCUT2D eigenvalue weighted by Gasteiger charge is 2.18. The number of benzene rings is 2. The van der Waals surface area contributed by atoms with Crippen LogP contribution in [0.2, 0.25) is 0 Å². The largest absolute Gasteiger partial charge is 0.345 e. The number of fused-ring (bicyclic) bond motifs is 1. The molecule has 7 heteroatoms. The summed E-state index contributed by atoms with van der Waals surface area (Å²) in [5.74, 6) is 0.489. The van der Waals surface area contributed by atoms with Gasteiger partial charge in [-0.3, -0.25) is 4.79 Å². The number of nitrogens with zero attached hydrogens (tertiary/aromatic N) is 5. The number of rotatable bonds is 5. The van der Waals surface area contributed by atoms with Crippen molar-refractivity contribution in [3.05, 3.63) is 72.7 Å². The second-order valence-electron chi connectivity index (χ2n) is 6.08. The quantitative estimate of drug-likeness (QED) is 0.602. The van der Waals surface area contributed by atoms with Crippen molar-refractivity contribution in [3.8, 4) is 5.69 Å². The average molecular weight is 346 g/mol. The fourth-order valence-electron chi connectivity index (χ4n) is 3.00. The first kappa shape index (κ1) is 16.0. The van der Waals surface area contributed by atoms with Gasteiger partial charge in [-0.15, -0.1) is 5.10 Å². The van der Waals surface area contributed by atoms with Crippen LogP contribution >= 0.6 is 0 Å². The summed E-state index contributed by atoms with van der Waals surface area (Å²) in [6, 6.07) is 19.3. The van der Waals surface area contributed by atoms with Gasteiger partial charge in [0.25, 0.3) is 0 Å². The SMILES string of the molecule is C[C@@H](NC(=O)Cn1ccc2ccccc21)c1nnnn1-c1ccccc1. The molecule has 0 saturated carbocycles. The minimum atomic E-state index is -0.320. The number of para-hydroxylation sites is 2. The molecule has 4 rings (SSSR count). The summed E-state index contributed by atoms with van der Waals surface area (Å²) >= 11 is 0. The first-order valence-corrected chi connectivity index (χ1v) is 8.39. The van der Waals surface area contributed by atoms with Gasteiger partial charge in [0.05, 0.1) is 11.7 Å². The third-order valence-corrected chi connectivity index (χ3v) is 4.25. The van der Waals surface area contributed by atoms with Crippen LogP contribution < -0.4 is 5.32 Å². The van der Waals surface area contributed by atoms with Crippen LogP contribution in [0.4, 0.5) is 0 Å². The Labute approximate surface area is 150 Å². The molecular weight excluding hydrogens is 328 g/mol. The van der Waals surface area contributed by atoms with E-state index < -0.39 is 0 Å². The van der Waals surface area contributed by atoms with Gasteiger partial charge in [0.2, 0.25) is 5.91 Å². The zero-order valence-corrected chi connectivity index (χ0v) is 14.3. The third kappa shape index (κ3) is 3.06. The standard InChI is InChI=1S/C19H18N6O/c1-14(19-21-22-23-25(19)16-8-3-2-4-9-16)20-18(26)13-24-12-11-15-7-5-6-10-17(15)24/h2-12,14H,13H2,1H3,(H,20,26)/t14-/m1/s1. The summed E-state index contributed by atoms with van der Waals surface area (Å²) < 4.78 is 3.56. The van der Waals surface area contributed by atoms with Crippen LogP contribution in [0.25, 0.3) is 16.6 Å². The van der Waals surface area contributed by atoms with Gasteiger partial charge in [0.15, 0.2) is 5.82 Å². The fraction of sp³-hybridized carbons (Fsp3) is 0.158. The maximum Gasteiger partial charge on any atom is 0.240 e. The van der Waals surface area contributed by atoms with E-state index in [1.165, 1.54) is 0 Å². The van der Waals surface area contributed by atoms with E-state index in [2.05, 4.69) is 20.8 Å². The lowest BCUT2D eigenvalue weighted by molar-refractivity contribution is -0.122. The van der Waals surface area contributed by atoms with E-state index in [1.54, 1.807) is 4.68 Å². The van der Waals surface area contributed by atoms with Crippen LogP contribution in [0.3, 0.4) is 0 Å². The summed E-state index contributed by atoms with van der Waals surface area (Å²) in [5, 5.41) is 15.9. The van der Waals surface area contributed by atoms with Gasteiger partial charge in [-0.1, -0.05) is 36.4 Å². The Hall–Kier alpha value is -3.48. The first-order chi connectivity index (χ1) is 12.7. The molecule has 26 heavy (non-hydrogen) atoms. The Morgan fingerprint density at radius 1 is 1.08 bits per heavy atom. The summed E-state index contributed by atoms with van der Waals surface area (Å²) in [6.45, 7) is 2.11. The highest BCUT2D eigenvalue weighted by molar-refractivity contribution is 5.83. The zero-order valence-electron chi connectivity index (χ0n) is 14.3. The smallest absolute Gasteiger partial charge is 0.240 e. The van der Waals surface area contributed by atoms with Crippen LogP contribution in [0, 0.1) is 0 Å². The summed E-state index contributed by atoms with van der Waals surface area (Å²) in [7, 11) is 0. The van der Waals surface area contributed by atoms with Crippen molar-refractivity contribution < 1.29 is 4.79 Å². The van der Waals surface area contributed by atoms with Crippen molar-refractivity contribution in [2.24, 2.45) is 0 Å². The predicted molar refractivity (Wildman–Crippen MR) is 97.6 cm³/mol. The minimum Gasteiger partial charge on any atom is -0.345 e. The lowest BCUT2D eigenvalue weighted by atomic mass is 10.2. The molecule has 2 aromatic heterocycles. The lowest BCUT2D eigenvalue weighted by Gasteiger charge is -2.14. The Morgan fingerprint density at radius 3 is 2.69 bits per heavy atom. The second kappa shape index (κ2) is 6.79. The molecule has 0 aliphatic rings. The van der Waals surface area contributed by atoms with Crippen molar-refractivity contribution in [2.75, 3.05) is 0 Å². The molecule has 1 amide bonds. The molecule has 1 atom stereocenters. The van der Waals surface area contributed by atoms with E-state index >= 15 is 0 Å². The summed E-state index contributed by atoms with van der Waals surface area (Å²) in [6.07, 6.45) is 1.92. The second-order valence-corrected chi connectivity index (χ2v) is 6.08. The van der Waals surface area contributed by atoms with Gasteiger partial charge >= 0.3 is 0 Å². The van der Waals surface area contributed by atoms with Crippen LogP contribution in [0.15, 0.2) is 66.9 Å². The molecule has 7 nitrogen and oxygen atoms in total. The number of carbonyl (C=O) groups excluding carboxylic acids is 1. The van der Waals surface area contributed by atoms with E-state index in [4.69, 9.17) is 0 Å². The average Bonchev–Trinajstić information content (AvgIpc) is 3.30. The molecule has 0 saturated heterocycles. The fourth-order valence-corrected chi connectivity index (χ4v) is 3.00. The van der Waals surface area contributed by atoms with Gasteiger partial charge in [0.1, 0.15) is 6.54 Å². The van der Waals surface area contributed by atoms with Gasteiger partial charge in [-0.2, -0.15) is 4.68 Å². The molecule has 2 aromatic carbocycles. The number of amides is 1. The number of hydrogen-bond donors (Lipinski definition) is 1. The molecule has 0 fully saturated rings. The molecule has 0 radical (unpaired) electrons. The predicted octanol–water partition coefficient (Wildman–Crippen LogP) is 2.49. The van der Waals surface area contributed by atoms with Crippen LogP contribution in [0.5, 0.6) is 0 Å². The number of tetrazole rings is 1. The summed E-state index contributed by atoms with van der Waals surface area (Å²) in [4.78, 5) is 12.5. The Bertz CT molecular complexity index is 1040. The molecular formula is C19H18N6O. The molecule has 0 unspecified atom stereocenters. The number of hydrogen-bond acceptors (Lipinski definition) is 4. The van der Waals surface area contributed by atoms with E-state index in [0.717, 1.165) is 16.6 Å². The third-order valence-electron chi connectivity index (χ3n) is 4.25. The highest BCUT2D eigenvalue weighted by Crippen LogP contribution is 2.16. The molecule has 0 bridgehead atoms. The Balaban J connectivity index is 1.49. The number of nitrogens with one attached hydrogen (secondary N) is 1. The summed E-state index contributed by atoms with van der Waals surface area (Å²) in [5.41, 5.74) is 1.88. The van der Waals surface area contributed by atoms with Crippen molar-refractivity contribution in [2.45, 2.75) is 19.5 Å². The Kier molecular flexibility index (Phi) is 4.18. The van der Waals surface area contributed by atoms with Crippen molar-refractivity contribution in [1.29, 1.82) is 0 Å². The van der Waals surface area contributed by atoms with Gasteiger partial charge < -0.3 is 9.88 Å². The monoisotopic (exact) mass is 346 g/mol. The highest BCUT2D eigenvalue weighted by atomic mass is 16.2. The van der Waals surface area contributed by atoms with E-state index in [9.17, 15) is 4.79 Å². The van der Waals surface area contributed by atoms with Crippen molar-refractivity contribution >= 4 is 16.8 Å². The maximum absolute atomic E-state index is 12.5. The molecule has 4 aromatic rings. The van der Waals surface area contributed by atoms with Crippen LogP contribution in [-0.2, 0) is 11.3 Å². The molecule has 2 heterocycles. The lowest BCUT2D eigenvalue weighted by Crippen LogP contribution is -2.31. The normalized spacial score (nSPS) is 12.2. The zero-order chi connectivity index (χ0) is 17.9. The van der Waals surface area contributed by atoms with Crippen molar-refractivity contribution in [1.82, 2.24) is 30.1 Å². The Morgan fingerprint density at radius 2 is 1.85 bits per heavy atom. The molecule has 0 aliphatic heterocycles. The maximum atomic E-state index is 12.5. The van der Waals surface area contributed by atoms with Crippen LogP contribution in [0.1, 0.15) is 18.8 Å².